The van der Waals surface area contributed by atoms with Crippen LogP contribution < -0.4 is 16.0 Å². The van der Waals surface area contributed by atoms with Gasteiger partial charge in [0.1, 0.15) is 17.3 Å². The maximum Gasteiger partial charge on any atom is 0.431 e. The molecule has 0 amide bonds. The van der Waals surface area contributed by atoms with Crippen LogP contribution in [0.5, 0.6) is 17.2 Å². The molecule has 0 aliphatic rings. The molecule has 0 aliphatic heterocycles. The van der Waals surface area contributed by atoms with Gasteiger partial charge >= 0.3 is 11.9 Å². The fourth-order valence-electron chi connectivity index (χ4n) is 2.58. The van der Waals surface area contributed by atoms with E-state index in [0.717, 1.165) is 12.1 Å². The molecule has 0 saturated heterocycles. The molecule has 1 N–H and O–H groups in total. The summed E-state index contributed by atoms with van der Waals surface area (Å²) in [6.45, 7) is 0. The highest BCUT2D eigenvalue weighted by Gasteiger charge is 2.36. The van der Waals surface area contributed by atoms with Crippen LogP contribution in [0.25, 0.3) is 5.69 Å². The third-order valence-corrected chi connectivity index (χ3v) is 4.91. The van der Waals surface area contributed by atoms with Gasteiger partial charge in [0.2, 0.25) is 0 Å². The summed E-state index contributed by atoms with van der Waals surface area (Å²) in [5.74, 6) is -1.69. The van der Waals surface area contributed by atoms with E-state index in [1.165, 1.54) is 46.9 Å². The minimum absolute atomic E-state index is 0.0543. The van der Waals surface area contributed by atoms with E-state index in [2.05, 4.69) is 0 Å². The van der Waals surface area contributed by atoms with Gasteiger partial charge in [-0.05, 0) is 18.2 Å². The molecule has 0 bridgehead atoms. The van der Waals surface area contributed by atoms with Crippen LogP contribution in [0.1, 0.15) is 5.69 Å². The second-order valence-corrected chi connectivity index (χ2v) is 6.92. The number of aromatic hydroxyl groups is 1. The van der Waals surface area contributed by atoms with Gasteiger partial charge in [-0.15, -0.1) is 0 Å². The first-order valence-corrected chi connectivity index (χ1v) is 9.90. The summed E-state index contributed by atoms with van der Waals surface area (Å²) >= 11 is 7.46. The zero-order valence-corrected chi connectivity index (χ0v) is 17.5. The van der Waals surface area contributed by atoms with E-state index in [1.54, 1.807) is 0 Å². The van der Waals surface area contributed by atoms with Crippen LogP contribution in [0.2, 0.25) is 5.02 Å². The van der Waals surface area contributed by atoms with Crippen LogP contribution in [0.4, 0.5) is 17.6 Å². The first kappa shape index (κ1) is 22.2. The van der Waals surface area contributed by atoms with Crippen molar-refractivity contribution < 1.29 is 27.4 Å². The smallest absolute Gasteiger partial charge is 0.431 e. The highest BCUT2D eigenvalue weighted by Crippen LogP contribution is 2.36. The molecule has 158 valence electrons. The van der Waals surface area contributed by atoms with Crippen LogP contribution in [0, 0.1) is 5.82 Å². The van der Waals surface area contributed by atoms with Gasteiger partial charge in [0.25, 0.3) is 5.56 Å². The minimum atomic E-state index is -4.96. The molecule has 2 aromatic carbocycles. The molecule has 0 aliphatic carbocycles. The predicted octanol–water partition coefficient (Wildman–Crippen LogP) is 4.70. The Morgan fingerprint density at radius 2 is 1.77 bits per heavy atom. The Kier molecular flexibility index (Phi) is 6.13. The Hall–Kier alpha value is -2.54. The van der Waals surface area contributed by atoms with Crippen LogP contribution in [-0.4, -0.2) is 14.2 Å². The van der Waals surface area contributed by atoms with E-state index >= 15 is 0 Å². The van der Waals surface area contributed by atoms with E-state index in [9.17, 15) is 32.3 Å². The number of aromatic nitrogens is 2. The number of nitrogens with zero attached hydrogens (tertiary/aromatic N) is 2. The summed E-state index contributed by atoms with van der Waals surface area (Å²) in [6.07, 6.45) is -4.96. The van der Waals surface area contributed by atoms with Crippen molar-refractivity contribution in [2.75, 3.05) is 0 Å². The van der Waals surface area contributed by atoms with Gasteiger partial charge in [-0.2, -0.15) is 13.2 Å². The molecule has 12 heteroatoms. The Bertz CT molecular complexity index is 1240. The van der Waals surface area contributed by atoms with Crippen molar-refractivity contribution in [2.45, 2.75) is 10.7 Å². The molecule has 30 heavy (non-hydrogen) atoms. The lowest BCUT2D eigenvalue weighted by molar-refractivity contribution is -0.144. The number of rotatable bonds is 4. The van der Waals surface area contributed by atoms with Crippen molar-refractivity contribution in [1.29, 1.82) is 0 Å². The standard InChI is InChI=1S/C18H10ClF4IN2O4/c19-9-5-10(20)11(6-14(9)30-13-4-2-1-3-12(13)27)26-16(28)7-15(18(21,22)23)25(8-24)17(26)29/h1-7,27H,8H2. The second kappa shape index (κ2) is 8.30. The molecule has 6 nitrogen and oxygen atoms in total. The lowest BCUT2D eigenvalue weighted by Gasteiger charge is -2.16. The van der Waals surface area contributed by atoms with Gasteiger partial charge < -0.3 is 9.84 Å². The number of halogens is 6. The third kappa shape index (κ3) is 4.17. The lowest BCUT2D eigenvalue weighted by Crippen LogP contribution is -2.41. The number of hydrogen-bond donors (Lipinski definition) is 1. The minimum Gasteiger partial charge on any atom is -0.504 e. The number of phenolic OH excluding ortho intramolecular Hbond substituents is 1. The summed E-state index contributed by atoms with van der Waals surface area (Å²) in [5.41, 5.74) is -4.89. The zero-order valence-electron chi connectivity index (χ0n) is 14.6. The largest absolute Gasteiger partial charge is 0.504 e. The molecule has 3 aromatic rings. The molecule has 0 saturated carbocycles. The van der Waals surface area contributed by atoms with Gasteiger partial charge in [0, 0.05) is 12.1 Å². The molecule has 0 atom stereocenters. The van der Waals surface area contributed by atoms with E-state index in [4.69, 9.17) is 16.3 Å². The van der Waals surface area contributed by atoms with E-state index in [1.807, 2.05) is 0 Å². The van der Waals surface area contributed by atoms with Crippen LogP contribution >= 0.6 is 34.2 Å². The summed E-state index contributed by atoms with van der Waals surface area (Å²) in [4.78, 5) is 24.9. The SMILES string of the molecule is O=c1cc(C(F)(F)F)n(CI)c(=O)n1-c1cc(Oc2ccccc2O)c(Cl)cc1F. The fraction of sp³-hybridized carbons (Fsp3) is 0.111. The van der Waals surface area contributed by atoms with Crippen molar-refractivity contribution in [1.82, 2.24) is 9.13 Å². The van der Waals surface area contributed by atoms with Crippen LogP contribution in [0.15, 0.2) is 52.1 Å². The van der Waals surface area contributed by atoms with Gasteiger partial charge in [0.15, 0.2) is 11.5 Å². The van der Waals surface area contributed by atoms with Gasteiger partial charge in [-0.3, -0.25) is 9.36 Å². The molecule has 0 unspecified atom stereocenters. The molecule has 0 radical (unpaired) electrons. The summed E-state index contributed by atoms with van der Waals surface area (Å²) < 4.78 is 59.5. The van der Waals surface area contributed by atoms with E-state index in [-0.39, 0.29) is 32.9 Å². The Morgan fingerprint density at radius 1 is 1.10 bits per heavy atom. The molecule has 3 rings (SSSR count). The second-order valence-electron chi connectivity index (χ2n) is 5.83. The van der Waals surface area contributed by atoms with Crippen molar-refractivity contribution in [2.24, 2.45) is 0 Å². The molecule has 0 spiro atoms. The van der Waals surface area contributed by atoms with Gasteiger partial charge in [-0.1, -0.05) is 46.3 Å². The number of para-hydroxylation sites is 2. The third-order valence-electron chi connectivity index (χ3n) is 3.93. The average Bonchev–Trinajstić information content (AvgIpc) is 2.65. The maximum atomic E-state index is 14.5. The van der Waals surface area contributed by atoms with Crippen molar-refractivity contribution >= 4 is 34.2 Å². The van der Waals surface area contributed by atoms with Crippen LogP contribution in [-0.2, 0) is 10.7 Å². The maximum absolute atomic E-state index is 14.5. The summed E-state index contributed by atoms with van der Waals surface area (Å²) in [7, 11) is 0. The fourth-order valence-corrected chi connectivity index (χ4v) is 3.43. The Balaban J connectivity index is 2.23. The van der Waals surface area contributed by atoms with Gasteiger partial charge in [-0.25, -0.2) is 13.8 Å². The van der Waals surface area contributed by atoms with Crippen molar-refractivity contribution in [3.63, 3.8) is 0 Å². The molecular weight excluding hydrogens is 547 g/mol. The summed E-state index contributed by atoms with van der Waals surface area (Å²) in [6, 6.07) is 7.58. The number of alkyl halides is 4. The van der Waals surface area contributed by atoms with E-state index in [0.29, 0.717) is 4.57 Å². The molecule has 0 fully saturated rings. The Morgan fingerprint density at radius 3 is 2.37 bits per heavy atom. The Labute approximate surface area is 184 Å². The number of phenols is 1. The number of benzene rings is 2. The molecular formula is C18H10ClF4IN2O4. The number of hydrogen-bond acceptors (Lipinski definition) is 4. The first-order chi connectivity index (χ1) is 14.0. The molecule has 1 heterocycles. The summed E-state index contributed by atoms with van der Waals surface area (Å²) in [5, 5.41) is 9.55. The monoisotopic (exact) mass is 556 g/mol. The topological polar surface area (TPSA) is 73.5 Å². The quantitative estimate of drug-likeness (QED) is 0.287. The highest BCUT2D eigenvalue weighted by atomic mass is 127. The highest BCUT2D eigenvalue weighted by molar-refractivity contribution is 14.1. The average molecular weight is 557 g/mol. The van der Waals surface area contributed by atoms with Crippen LogP contribution in [0.3, 0.4) is 0 Å². The van der Waals surface area contributed by atoms with Crippen molar-refractivity contribution in [3.05, 3.63) is 79.8 Å². The molecule has 1 aromatic heterocycles. The predicted molar refractivity (Wildman–Crippen MR) is 108 cm³/mol. The normalized spacial score (nSPS) is 11.5. The van der Waals surface area contributed by atoms with E-state index < -0.39 is 39.2 Å². The first-order valence-electron chi connectivity index (χ1n) is 8.00. The lowest BCUT2D eigenvalue weighted by atomic mass is 10.2. The van der Waals surface area contributed by atoms with Gasteiger partial charge in [0.05, 0.1) is 15.3 Å². The van der Waals surface area contributed by atoms with Crippen molar-refractivity contribution in [3.8, 4) is 22.9 Å². The number of ether oxygens (including phenoxy) is 1. The zero-order chi connectivity index (χ0) is 22.2.